The van der Waals surface area contributed by atoms with Crippen LogP contribution in [0.1, 0.15) is 24.9 Å². The smallest absolute Gasteiger partial charge is 0.257 e. The molecule has 4 rings (SSSR count). The van der Waals surface area contributed by atoms with Crippen molar-refractivity contribution in [2.45, 2.75) is 19.4 Å². The molecule has 2 heterocycles. The van der Waals surface area contributed by atoms with Crippen LogP contribution in [0.25, 0.3) is 0 Å². The van der Waals surface area contributed by atoms with E-state index in [0.29, 0.717) is 17.9 Å². The van der Waals surface area contributed by atoms with Gasteiger partial charge in [0.25, 0.3) is 5.91 Å². The molecule has 2 aliphatic rings. The van der Waals surface area contributed by atoms with E-state index in [1.807, 2.05) is 67.6 Å². The van der Waals surface area contributed by atoms with Gasteiger partial charge in [-0.15, -0.1) is 0 Å². The number of anilines is 1. The van der Waals surface area contributed by atoms with Gasteiger partial charge < -0.3 is 14.3 Å². The molecule has 0 radical (unpaired) electrons. The van der Waals surface area contributed by atoms with Crippen LogP contribution >= 0.6 is 0 Å². The lowest BCUT2D eigenvalue weighted by molar-refractivity contribution is -0.119. The number of β-lactam (4-membered cyclic amide) rings is 1. The Labute approximate surface area is 195 Å². The summed E-state index contributed by atoms with van der Waals surface area (Å²) in [6.07, 6.45) is 2.74. The SMILES string of the molecule is COc1ccc(N2C(=O)/C(=C/C(C)=N/OCCCN3CCOCC3)C2c2ccccc2)cc1. The number of amides is 1. The number of benzene rings is 2. The lowest BCUT2D eigenvalue weighted by atomic mass is 9.86. The zero-order chi connectivity index (χ0) is 23.0. The van der Waals surface area contributed by atoms with Crippen LogP contribution in [0.4, 0.5) is 5.69 Å². The maximum atomic E-state index is 13.1. The van der Waals surface area contributed by atoms with E-state index in [0.717, 1.165) is 56.3 Å². The molecule has 0 aliphatic carbocycles. The molecule has 0 saturated carbocycles. The summed E-state index contributed by atoms with van der Waals surface area (Å²) in [5, 5.41) is 4.22. The van der Waals surface area contributed by atoms with Crippen molar-refractivity contribution in [3.63, 3.8) is 0 Å². The third kappa shape index (κ3) is 5.61. The quantitative estimate of drug-likeness (QED) is 0.191. The first-order valence-corrected chi connectivity index (χ1v) is 11.4. The molecule has 1 atom stereocenters. The molecule has 0 spiro atoms. The molecule has 1 amide bonds. The van der Waals surface area contributed by atoms with Crippen molar-refractivity contribution in [3.05, 3.63) is 71.8 Å². The first-order chi connectivity index (χ1) is 16.2. The fraction of sp³-hybridized carbons (Fsp3) is 0.385. The maximum absolute atomic E-state index is 13.1. The molecule has 2 saturated heterocycles. The second kappa shape index (κ2) is 11.1. The summed E-state index contributed by atoms with van der Waals surface area (Å²) in [5.41, 5.74) is 3.27. The minimum absolute atomic E-state index is 0.0316. The summed E-state index contributed by atoms with van der Waals surface area (Å²) < 4.78 is 10.6. The molecule has 0 aromatic heterocycles. The summed E-state index contributed by atoms with van der Waals surface area (Å²) in [6, 6.07) is 17.4. The molecule has 1 unspecified atom stereocenters. The van der Waals surface area contributed by atoms with Crippen molar-refractivity contribution < 1.29 is 19.1 Å². The summed E-state index contributed by atoms with van der Waals surface area (Å²) in [5.74, 6) is 0.725. The lowest BCUT2D eigenvalue weighted by Gasteiger charge is -2.43. The van der Waals surface area contributed by atoms with Crippen molar-refractivity contribution in [1.29, 1.82) is 0 Å². The van der Waals surface area contributed by atoms with Gasteiger partial charge in [0.15, 0.2) is 0 Å². The standard InChI is InChI=1S/C26H31N3O4/c1-20(27-33-16-6-13-28-14-17-32-18-15-28)19-24-25(21-7-4-3-5-8-21)29(26(24)30)22-9-11-23(31-2)12-10-22/h3-5,7-12,19,25H,6,13-18H2,1-2H3/b24-19+,27-20+. The van der Waals surface area contributed by atoms with Crippen LogP contribution < -0.4 is 9.64 Å². The summed E-state index contributed by atoms with van der Waals surface area (Å²) >= 11 is 0. The van der Waals surface area contributed by atoms with Crippen molar-refractivity contribution in [2.75, 3.05) is 51.5 Å². The van der Waals surface area contributed by atoms with Crippen LogP contribution in [-0.4, -0.2) is 63.1 Å². The molecule has 2 aromatic carbocycles. The summed E-state index contributed by atoms with van der Waals surface area (Å²) in [4.78, 5) is 22.8. The molecule has 7 nitrogen and oxygen atoms in total. The van der Waals surface area contributed by atoms with Gasteiger partial charge in [0.05, 0.1) is 32.1 Å². The minimum atomic E-state index is -0.168. The number of carbonyl (C=O) groups is 1. The Hall–Kier alpha value is -3.16. The van der Waals surface area contributed by atoms with Gasteiger partial charge in [-0.25, -0.2) is 0 Å². The summed E-state index contributed by atoms with van der Waals surface area (Å²) in [6.45, 7) is 6.94. The number of allylic oxidation sites excluding steroid dienone is 1. The number of oxime groups is 1. The van der Waals surface area contributed by atoms with Crippen molar-refractivity contribution in [1.82, 2.24) is 4.90 Å². The average molecular weight is 450 g/mol. The predicted molar refractivity (Wildman–Crippen MR) is 129 cm³/mol. The number of carbonyl (C=O) groups excluding carboxylic acids is 1. The van der Waals surface area contributed by atoms with E-state index in [4.69, 9.17) is 14.3 Å². The highest BCUT2D eigenvalue weighted by Crippen LogP contribution is 2.43. The zero-order valence-corrected chi connectivity index (χ0v) is 19.3. The van der Waals surface area contributed by atoms with E-state index >= 15 is 0 Å². The van der Waals surface area contributed by atoms with Crippen LogP contribution in [0.5, 0.6) is 5.75 Å². The van der Waals surface area contributed by atoms with Gasteiger partial charge in [-0.1, -0.05) is 35.5 Å². The van der Waals surface area contributed by atoms with Gasteiger partial charge in [-0.2, -0.15) is 0 Å². The third-order valence-corrected chi connectivity index (χ3v) is 5.87. The second-order valence-corrected chi connectivity index (χ2v) is 8.16. The van der Waals surface area contributed by atoms with Crippen LogP contribution in [0.15, 0.2) is 71.4 Å². The van der Waals surface area contributed by atoms with E-state index in [-0.39, 0.29) is 11.9 Å². The van der Waals surface area contributed by atoms with Crippen LogP contribution in [-0.2, 0) is 14.4 Å². The van der Waals surface area contributed by atoms with E-state index < -0.39 is 0 Å². The number of rotatable bonds is 9. The Morgan fingerprint density at radius 3 is 2.55 bits per heavy atom. The minimum Gasteiger partial charge on any atom is -0.497 e. The largest absolute Gasteiger partial charge is 0.497 e. The molecule has 2 aromatic rings. The van der Waals surface area contributed by atoms with Crippen LogP contribution in [0.2, 0.25) is 0 Å². The van der Waals surface area contributed by atoms with E-state index in [9.17, 15) is 4.79 Å². The zero-order valence-electron chi connectivity index (χ0n) is 19.3. The number of ether oxygens (including phenoxy) is 2. The van der Waals surface area contributed by atoms with Gasteiger partial charge in [0, 0.05) is 30.9 Å². The van der Waals surface area contributed by atoms with Gasteiger partial charge in [0.1, 0.15) is 12.4 Å². The molecule has 2 aliphatic heterocycles. The number of morpholine rings is 1. The highest BCUT2D eigenvalue weighted by atomic mass is 16.6. The summed E-state index contributed by atoms with van der Waals surface area (Å²) in [7, 11) is 1.63. The first-order valence-electron chi connectivity index (χ1n) is 11.4. The fourth-order valence-corrected chi connectivity index (χ4v) is 4.14. The number of hydrogen-bond donors (Lipinski definition) is 0. The van der Waals surface area contributed by atoms with Crippen molar-refractivity contribution in [2.24, 2.45) is 5.16 Å². The average Bonchev–Trinajstić information content (AvgIpc) is 2.86. The first kappa shape index (κ1) is 23.0. The number of hydrogen-bond acceptors (Lipinski definition) is 6. The Morgan fingerprint density at radius 2 is 1.85 bits per heavy atom. The molecule has 7 heteroatoms. The fourth-order valence-electron chi connectivity index (χ4n) is 4.14. The predicted octanol–water partition coefficient (Wildman–Crippen LogP) is 3.82. The van der Waals surface area contributed by atoms with E-state index in [2.05, 4.69) is 10.1 Å². The Bertz CT molecular complexity index is 982. The molecule has 174 valence electrons. The topological polar surface area (TPSA) is 63.6 Å². The number of methoxy groups -OCH3 is 1. The van der Waals surface area contributed by atoms with Crippen LogP contribution in [0.3, 0.4) is 0 Å². The highest BCUT2D eigenvalue weighted by molar-refractivity contribution is 6.18. The van der Waals surface area contributed by atoms with Gasteiger partial charge >= 0.3 is 0 Å². The third-order valence-electron chi connectivity index (χ3n) is 5.87. The van der Waals surface area contributed by atoms with Crippen LogP contribution in [0, 0.1) is 0 Å². The molecule has 0 N–H and O–H groups in total. The van der Waals surface area contributed by atoms with Gasteiger partial charge in [-0.05, 0) is 49.2 Å². The highest BCUT2D eigenvalue weighted by Gasteiger charge is 2.43. The van der Waals surface area contributed by atoms with Crippen molar-refractivity contribution >= 4 is 17.3 Å². The van der Waals surface area contributed by atoms with Crippen molar-refractivity contribution in [3.8, 4) is 5.75 Å². The molecule has 33 heavy (non-hydrogen) atoms. The molecule has 2 fully saturated rings. The maximum Gasteiger partial charge on any atom is 0.257 e. The van der Waals surface area contributed by atoms with Gasteiger partial charge in [0.2, 0.25) is 0 Å². The molecular formula is C26H31N3O4. The van der Waals surface area contributed by atoms with E-state index in [1.54, 1.807) is 12.0 Å². The normalized spacial score (nSPS) is 20.6. The number of nitrogens with zero attached hydrogens (tertiary/aromatic N) is 3. The second-order valence-electron chi connectivity index (χ2n) is 8.16. The Morgan fingerprint density at radius 1 is 1.12 bits per heavy atom. The lowest BCUT2D eigenvalue weighted by Crippen LogP contribution is -2.49. The Kier molecular flexibility index (Phi) is 7.75. The Balaban J connectivity index is 1.42. The monoisotopic (exact) mass is 449 g/mol. The van der Waals surface area contributed by atoms with E-state index in [1.165, 1.54) is 0 Å². The van der Waals surface area contributed by atoms with Gasteiger partial charge in [-0.3, -0.25) is 14.6 Å². The molecular weight excluding hydrogens is 418 g/mol. The molecule has 0 bridgehead atoms.